The van der Waals surface area contributed by atoms with Gasteiger partial charge in [-0.05, 0) is 61.0 Å². The van der Waals surface area contributed by atoms with Gasteiger partial charge in [0.1, 0.15) is 35.3 Å². The van der Waals surface area contributed by atoms with Crippen molar-refractivity contribution in [1.29, 1.82) is 0 Å². The summed E-state index contributed by atoms with van der Waals surface area (Å²) in [5.74, 6) is 1.91. The van der Waals surface area contributed by atoms with Crippen LogP contribution in [0.4, 0.5) is 11.6 Å². The topological polar surface area (TPSA) is 143 Å². The maximum absolute atomic E-state index is 10.8. The van der Waals surface area contributed by atoms with Crippen LogP contribution in [0.2, 0.25) is 0 Å². The van der Waals surface area contributed by atoms with Gasteiger partial charge >= 0.3 is 0 Å². The van der Waals surface area contributed by atoms with Gasteiger partial charge in [0, 0.05) is 23.8 Å². The zero-order chi connectivity index (χ0) is 24.9. The van der Waals surface area contributed by atoms with E-state index < -0.39 is 4.92 Å². The molecule has 3 aromatic carbocycles. The molecule has 4 rings (SSSR count). The van der Waals surface area contributed by atoms with Crippen LogP contribution in [0.5, 0.6) is 28.7 Å². The van der Waals surface area contributed by atoms with Crippen molar-refractivity contribution in [3.8, 4) is 40.0 Å². The fraction of sp³-hybridized carbons (Fsp3) is 0.120. The molecule has 0 radical (unpaired) electrons. The van der Waals surface area contributed by atoms with E-state index in [1.54, 1.807) is 62.6 Å². The molecule has 178 valence electrons. The highest BCUT2D eigenvalue weighted by atomic mass is 16.6. The molecule has 1 heterocycles. The summed E-state index contributed by atoms with van der Waals surface area (Å²) < 4.78 is 16.9. The van der Waals surface area contributed by atoms with Crippen LogP contribution in [0.15, 0.2) is 66.7 Å². The second kappa shape index (κ2) is 9.96. The number of anilines is 1. The quantitative estimate of drug-likeness (QED) is 0.265. The van der Waals surface area contributed by atoms with Crippen molar-refractivity contribution < 1.29 is 24.2 Å². The number of nitro benzene ring substituents is 1. The lowest BCUT2D eigenvalue weighted by Gasteiger charge is -2.15. The molecule has 0 atom stereocenters. The lowest BCUT2D eigenvalue weighted by atomic mass is 10.1. The Hall–Kier alpha value is -4.86. The molecular formula is C25H22N4O6. The number of phenolic OH excluding ortho intramolecular Hbond substituents is 1. The SMILES string of the molecule is COc1ccc(Oc2c(C)nc(N)nc2-c2ccc(OCc3ccc([N+](=O)[O-])cc3)cc2O)cc1. The number of aromatic nitrogens is 2. The Kier molecular flexibility index (Phi) is 6.63. The van der Waals surface area contributed by atoms with E-state index >= 15 is 0 Å². The van der Waals surface area contributed by atoms with Crippen molar-refractivity contribution in [1.82, 2.24) is 9.97 Å². The first kappa shape index (κ1) is 23.3. The van der Waals surface area contributed by atoms with E-state index in [4.69, 9.17) is 19.9 Å². The molecule has 10 heteroatoms. The molecule has 35 heavy (non-hydrogen) atoms. The number of aryl methyl sites for hydroxylation is 1. The molecule has 3 N–H and O–H groups in total. The predicted molar refractivity (Wildman–Crippen MR) is 129 cm³/mol. The Morgan fingerprint density at radius 1 is 0.971 bits per heavy atom. The van der Waals surface area contributed by atoms with Gasteiger partial charge in [-0.3, -0.25) is 10.1 Å². The van der Waals surface area contributed by atoms with Crippen molar-refractivity contribution in [2.24, 2.45) is 0 Å². The van der Waals surface area contributed by atoms with Crippen LogP contribution in [0.1, 0.15) is 11.3 Å². The Morgan fingerprint density at radius 2 is 1.63 bits per heavy atom. The Balaban J connectivity index is 1.58. The molecule has 0 bridgehead atoms. The summed E-state index contributed by atoms with van der Waals surface area (Å²) >= 11 is 0. The van der Waals surface area contributed by atoms with Crippen molar-refractivity contribution in [3.63, 3.8) is 0 Å². The zero-order valence-electron chi connectivity index (χ0n) is 19.0. The van der Waals surface area contributed by atoms with Crippen LogP contribution in [0.3, 0.4) is 0 Å². The van der Waals surface area contributed by atoms with E-state index in [2.05, 4.69) is 9.97 Å². The van der Waals surface area contributed by atoms with Gasteiger partial charge in [-0.2, -0.15) is 0 Å². The van der Waals surface area contributed by atoms with Crippen molar-refractivity contribution in [2.45, 2.75) is 13.5 Å². The van der Waals surface area contributed by atoms with E-state index in [1.807, 2.05) is 0 Å². The molecule has 1 aromatic heterocycles. The maximum Gasteiger partial charge on any atom is 0.269 e. The zero-order valence-corrected chi connectivity index (χ0v) is 19.0. The van der Waals surface area contributed by atoms with E-state index in [0.29, 0.717) is 39.9 Å². The molecule has 0 amide bonds. The number of hydrogen-bond donors (Lipinski definition) is 2. The molecule has 0 aliphatic heterocycles. The van der Waals surface area contributed by atoms with Gasteiger partial charge in [-0.25, -0.2) is 9.97 Å². The number of hydrogen-bond acceptors (Lipinski definition) is 9. The first-order valence-electron chi connectivity index (χ1n) is 10.5. The lowest BCUT2D eigenvalue weighted by Crippen LogP contribution is -2.03. The van der Waals surface area contributed by atoms with Crippen molar-refractivity contribution in [2.75, 3.05) is 12.8 Å². The fourth-order valence-electron chi connectivity index (χ4n) is 3.33. The van der Waals surface area contributed by atoms with Crippen LogP contribution in [-0.2, 0) is 6.61 Å². The number of nitrogens with two attached hydrogens (primary N) is 1. The van der Waals surface area contributed by atoms with E-state index in [0.717, 1.165) is 5.56 Å². The van der Waals surface area contributed by atoms with Crippen molar-refractivity contribution in [3.05, 3.63) is 88.1 Å². The smallest absolute Gasteiger partial charge is 0.269 e. The number of non-ortho nitro benzene ring substituents is 1. The molecule has 0 saturated heterocycles. The average molecular weight is 474 g/mol. The molecule has 4 aromatic rings. The Bertz CT molecular complexity index is 1360. The molecular weight excluding hydrogens is 452 g/mol. The highest BCUT2D eigenvalue weighted by Crippen LogP contribution is 2.40. The monoisotopic (exact) mass is 474 g/mol. The van der Waals surface area contributed by atoms with Gasteiger partial charge in [0.05, 0.1) is 17.7 Å². The summed E-state index contributed by atoms with van der Waals surface area (Å²) in [5.41, 5.74) is 7.83. The number of benzene rings is 3. The average Bonchev–Trinajstić information content (AvgIpc) is 2.85. The van der Waals surface area contributed by atoms with E-state index in [9.17, 15) is 15.2 Å². The molecule has 10 nitrogen and oxygen atoms in total. The third kappa shape index (κ3) is 5.38. The summed E-state index contributed by atoms with van der Waals surface area (Å²) in [6.45, 7) is 1.90. The first-order chi connectivity index (χ1) is 16.8. The minimum atomic E-state index is -0.463. The minimum absolute atomic E-state index is 0.00262. The summed E-state index contributed by atoms with van der Waals surface area (Å²) in [7, 11) is 1.58. The summed E-state index contributed by atoms with van der Waals surface area (Å²) in [4.78, 5) is 18.8. The summed E-state index contributed by atoms with van der Waals surface area (Å²) in [6.07, 6.45) is 0. The van der Waals surface area contributed by atoms with Gasteiger partial charge in [-0.15, -0.1) is 0 Å². The largest absolute Gasteiger partial charge is 0.507 e. The number of methoxy groups -OCH3 is 1. The second-order valence-electron chi connectivity index (χ2n) is 7.51. The number of rotatable bonds is 8. The Morgan fingerprint density at radius 3 is 2.26 bits per heavy atom. The fourth-order valence-corrected chi connectivity index (χ4v) is 3.33. The number of nitro groups is 1. The molecule has 0 aliphatic rings. The van der Waals surface area contributed by atoms with Gasteiger partial charge < -0.3 is 25.1 Å². The molecule has 0 aliphatic carbocycles. The Labute approximate surface area is 200 Å². The van der Waals surface area contributed by atoms with Gasteiger partial charge in [-0.1, -0.05) is 0 Å². The standard InChI is InChI=1S/C25H22N4O6/c1-15-24(35-19-9-7-18(33-2)8-10-19)23(28-25(26)27-15)21-12-11-20(13-22(21)30)34-14-16-3-5-17(6-4-16)29(31)32/h3-13,30H,14H2,1-2H3,(H2,26,27,28). The third-order valence-corrected chi connectivity index (χ3v) is 5.11. The minimum Gasteiger partial charge on any atom is -0.507 e. The van der Waals surface area contributed by atoms with Crippen molar-refractivity contribution >= 4 is 11.6 Å². The number of nitrogens with zero attached hydrogens (tertiary/aromatic N) is 3. The summed E-state index contributed by atoms with van der Waals surface area (Å²) in [6, 6.07) is 17.8. The van der Waals surface area contributed by atoms with Crippen LogP contribution in [0, 0.1) is 17.0 Å². The number of aromatic hydroxyl groups is 1. The van der Waals surface area contributed by atoms with Gasteiger partial charge in [0.2, 0.25) is 5.95 Å². The van der Waals surface area contributed by atoms with E-state index in [-0.39, 0.29) is 24.0 Å². The maximum atomic E-state index is 10.8. The highest BCUT2D eigenvalue weighted by molar-refractivity contribution is 5.75. The first-order valence-corrected chi connectivity index (χ1v) is 10.5. The van der Waals surface area contributed by atoms with Crippen LogP contribution in [0.25, 0.3) is 11.3 Å². The lowest BCUT2D eigenvalue weighted by molar-refractivity contribution is -0.384. The van der Waals surface area contributed by atoms with Gasteiger partial charge in [0.15, 0.2) is 5.75 Å². The second-order valence-corrected chi connectivity index (χ2v) is 7.51. The predicted octanol–water partition coefficient (Wildman–Crippen LogP) is 5.03. The van der Waals surface area contributed by atoms with Crippen LogP contribution < -0.4 is 19.9 Å². The van der Waals surface area contributed by atoms with E-state index in [1.165, 1.54) is 18.2 Å². The molecule has 0 saturated carbocycles. The molecule has 0 unspecified atom stereocenters. The summed E-state index contributed by atoms with van der Waals surface area (Å²) in [5, 5.41) is 21.5. The highest BCUT2D eigenvalue weighted by Gasteiger charge is 2.19. The number of phenols is 1. The van der Waals surface area contributed by atoms with Gasteiger partial charge in [0.25, 0.3) is 5.69 Å². The number of nitrogen functional groups attached to an aromatic ring is 1. The molecule has 0 fully saturated rings. The van der Waals surface area contributed by atoms with Crippen LogP contribution >= 0.6 is 0 Å². The number of ether oxygens (including phenoxy) is 3. The molecule has 0 spiro atoms. The third-order valence-electron chi connectivity index (χ3n) is 5.11. The normalized spacial score (nSPS) is 10.6. The van der Waals surface area contributed by atoms with Crippen LogP contribution in [-0.4, -0.2) is 27.1 Å².